The number of aromatic nitrogens is 1. The van der Waals surface area contributed by atoms with Gasteiger partial charge in [0.1, 0.15) is 0 Å². The summed E-state index contributed by atoms with van der Waals surface area (Å²) in [5.74, 6) is 1.06. The Morgan fingerprint density at radius 2 is 2.32 bits per heavy atom. The van der Waals surface area contributed by atoms with Crippen LogP contribution in [0.1, 0.15) is 31.4 Å². The van der Waals surface area contributed by atoms with E-state index in [1.807, 2.05) is 17.1 Å². The van der Waals surface area contributed by atoms with Crippen molar-refractivity contribution in [2.24, 2.45) is 0 Å². The molecular formula is C13H22N2O2S2. The van der Waals surface area contributed by atoms with Gasteiger partial charge < -0.3 is 10.1 Å². The minimum atomic E-state index is -0.184. The van der Waals surface area contributed by atoms with Crippen LogP contribution in [0.5, 0.6) is 0 Å². The minimum absolute atomic E-state index is 0.184. The zero-order valence-electron chi connectivity index (χ0n) is 11.6. The fraction of sp³-hybridized carbons (Fsp3) is 0.692. The Labute approximate surface area is 123 Å². The quantitative estimate of drug-likeness (QED) is 0.531. The van der Waals surface area contributed by atoms with Gasteiger partial charge in [0.25, 0.3) is 0 Å². The molecule has 1 rings (SSSR count). The van der Waals surface area contributed by atoms with Gasteiger partial charge in [-0.2, -0.15) is 11.8 Å². The molecule has 1 aromatic heterocycles. The molecular weight excluding hydrogens is 280 g/mol. The molecule has 108 valence electrons. The molecule has 6 heteroatoms. The van der Waals surface area contributed by atoms with Crippen LogP contribution in [-0.4, -0.2) is 36.6 Å². The standard InChI is InChI=1S/C13H22N2O2S2/c1-17-12(16)7-6-11-10-19-13(15-11)14-8-4-3-5-9-18-2/h10H,3-9H2,1-2H3,(H,14,15). The van der Waals surface area contributed by atoms with Crippen molar-refractivity contribution in [3.8, 4) is 0 Å². The number of nitrogens with one attached hydrogen (secondary N) is 1. The molecule has 0 unspecified atom stereocenters. The molecule has 0 radical (unpaired) electrons. The molecule has 0 spiro atoms. The van der Waals surface area contributed by atoms with E-state index >= 15 is 0 Å². The SMILES string of the molecule is COC(=O)CCc1csc(NCCCCCSC)n1. The average Bonchev–Trinajstić information content (AvgIpc) is 2.88. The summed E-state index contributed by atoms with van der Waals surface area (Å²) >= 11 is 3.50. The molecule has 19 heavy (non-hydrogen) atoms. The first-order chi connectivity index (χ1) is 9.26. The first kappa shape index (κ1) is 16.3. The first-order valence-electron chi connectivity index (χ1n) is 6.50. The number of unbranched alkanes of at least 4 members (excludes halogenated alkanes) is 2. The van der Waals surface area contributed by atoms with E-state index in [2.05, 4.69) is 21.3 Å². The summed E-state index contributed by atoms with van der Waals surface area (Å²) in [6.45, 7) is 0.971. The second-order valence-electron chi connectivity index (χ2n) is 4.20. The van der Waals surface area contributed by atoms with Gasteiger partial charge in [-0.25, -0.2) is 4.98 Å². The molecule has 0 atom stereocenters. The fourth-order valence-corrected chi connectivity index (χ4v) is 2.85. The third kappa shape index (κ3) is 7.42. The normalized spacial score (nSPS) is 10.4. The minimum Gasteiger partial charge on any atom is -0.469 e. The highest BCUT2D eigenvalue weighted by Gasteiger charge is 2.05. The van der Waals surface area contributed by atoms with Crippen LogP contribution in [0.4, 0.5) is 5.13 Å². The number of ether oxygens (including phenoxy) is 1. The molecule has 0 aliphatic rings. The smallest absolute Gasteiger partial charge is 0.305 e. The summed E-state index contributed by atoms with van der Waals surface area (Å²) in [7, 11) is 1.41. The van der Waals surface area contributed by atoms with Crippen molar-refractivity contribution >= 4 is 34.2 Å². The number of esters is 1. The van der Waals surface area contributed by atoms with Crippen LogP contribution in [0.3, 0.4) is 0 Å². The lowest BCUT2D eigenvalue weighted by atomic mass is 10.2. The van der Waals surface area contributed by atoms with Crippen LogP contribution in [0, 0.1) is 0 Å². The zero-order chi connectivity index (χ0) is 13.9. The largest absolute Gasteiger partial charge is 0.469 e. The van der Waals surface area contributed by atoms with Crippen molar-refractivity contribution in [2.45, 2.75) is 32.1 Å². The molecule has 0 aliphatic carbocycles. The summed E-state index contributed by atoms with van der Waals surface area (Å²) in [6, 6.07) is 0. The predicted molar refractivity (Wildman–Crippen MR) is 83.2 cm³/mol. The topological polar surface area (TPSA) is 51.2 Å². The van der Waals surface area contributed by atoms with Crippen molar-refractivity contribution in [2.75, 3.05) is 31.0 Å². The number of carbonyl (C=O) groups is 1. The number of aryl methyl sites for hydroxylation is 1. The second kappa shape index (κ2) is 10.1. The Bertz CT molecular complexity index is 369. The van der Waals surface area contributed by atoms with Crippen molar-refractivity contribution in [1.82, 2.24) is 4.98 Å². The Morgan fingerprint density at radius 3 is 3.05 bits per heavy atom. The van der Waals surface area contributed by atoms with Crippen molar-refractivity contribution in [3.05, 3.63) is 11.1 Å². The van der Waals surface area contributed by atoms with E-state index < -0.39 is 0 Å². The number of nitrogens with zero attached hydrogens (tertiary/aromatic N) is 1. The maximum atomic E-state index is 11.0. The van der Waals surface area contributed by atoms with Crippen molar-refractivity contribution in [1.29, 1.82) is 0 Å². The molecule has 0 saturated carbocycles. The van der Waals surface area contributed by atoms with Gasteiger partial charge in [-0.05, 0) is 24.9 Å². The van der Waals surface area contributed by atoms with Gasteiger partial charge >= 0.3 is 5.97 Å². The van der Waals surface area contributed by atoms with E-state index in [4.69, 9.17) is 0 Å². The Morgan fingerprint density at radius 1 is 1.47 bits per heavy atom. The lowest BCUT2D eigenvalue weighted by molar-refractivity contribution is -0.140. The number of hydrogen-bond donors (Lipinski definition) is 1. The molecule has 4 nitrogen and oxygen atoms in total. The van der Waals surface area contributed by atoms with Gasteiger partial charge in [-0.1, -0.05) is 6.42 Å². The van der Waals surface area contributed by atoms with E-state index in [1.54, 1.807) is 11.3 Å². The van der Waals surface area contributed by atoms with Crippen LogP contribution in [0.15, 0.2) is 5.38 Å². The van der Waals surface area contributed by atoms with Crippen LogP contribution < -0.4 is 5.32 Å². The predicted octanol–water partition coefficient (Wildman–Crippen LogP) is 3.19. The third-order valence-corrected chi connectivity index (χ3v) is 4.21. The molecule has 0 saturated heterocycles. The first-order valence-corrected chi connectivity index (χ1v) is 8.77. The van der Waals surface area contributed by atoms with Gasteiger partial charge in [0.05, 0.1) is 19.2 Å². The van der Waals surface area contributed by atoms with Crippen molar-refractivity contribution in [3.63, 3.8) is 0 Å². The number of methoxy groups -OCH3 is 1. The molecule has 0 aromatic carbocycles. The van der Waals surface area contributed by atoms with E-state index in [0.717, 1.165) is 17.4 Å². The second-order valence-corrected chi connectivity index (χ2v) is 6.04. The van der Waals surface area contributed by atoms with E-state index in [1.165, 1.54) is 32.1 Å². The number of thiazole rings is 1. The fourth-order valence-electron chi connectivity index (χ4n) is 1.58. The van der Waals surface area contributed by atoms with Crippen LogP contribution >= 0.6 is 23.1 Å². The maximum Gasteiger partial charge on any atom is 0.305 e. The lowest BCUT2D eigenvalue weighted by Crippen LogP contribution is -2.03. The number of carbonyl (C=O) groups excluding carboxylic acids is 1. The van der Waals surface area contributed by atoms with E-state index in [9.17, 15) is 4.79 Å². The van der Waals surface area contributed by atoms with Gasteiger partial charge in [0.15, 0.2) is 5.13 Å². The molecule has 1 N–H and O–H groups in total. The Hall–Kier alpha value is -0.750. The van der Waals surface area contributed by atoms with Gasteiger partial charge in [0.2, 0.25) is 0 Å². The molecule has 0 aliphatic heterocycles. The number of anilines is 1. The van der Waals surface area contributed by atoms with E-state index in [-0.39, 0.29) is 5.97 Å². The third-order valence-electron chi connectivity index (χ3n) is 2.67. The van der Waals surface area contributed by atoms with Crippen molar-refractivity contribution < 1.29 is 9.53 Å². The molecule has 0 fully saturated rings. The van der Waals surface area contributed by atoms with Gasteiger partial charge in [-0.3, -0.25) is 4.79 Å². The maximum absolute atomic E-state index is 11.0. The number of thioether (sulfide) groups is 1. The summed E-state index contributed by atoms with van der Waals surface area (Å²) in [4.78, 5) is 15.5. The molecule has 1 heterocycles. The molecule has 1 aromatic rings. The monoisotopic (exact) mass is 302 g/mol. The highest BCUT2D eigenvalue weighted by molar-refractivity contribution is 7.98. The summed E-state index contributed by atoms with van der Waals surface area (Å²) < 4.78 is 4.61. The summed E-state index contributed by atoms with van der Waals surface area (Å²) in [5.41, 5.74) is 0.959. The van der Waals surface area contributed by atoms with Crippen LogP contribution in [-0.2, 0) is 16.0 Å². The van der Waals surface area contributed by atoms with Gasteiger partial charge in [-0.15, -0.1) is 11.3 Å². The van der Waals surface area contributed by atoms with Gasteiger partial charge in [0, 0.05) is 18.3 Å². The summed E-state index contributed by atoms with van der Waals surface area (Å²) in [6.07, 6.45) is 6.91. The number of rotatable bonds is 10. The Balaban J connectivity index is 2.14. The Kier molecular flexibility index (Phi) is 8.66. The highest BCUT2D eigenvalue weighted by Crippen LogP contribution is 2.16. The summed E-state index contributed by atoms with van der Waals surface area (Å²) in [5, 5.41) is 6.28. The van der Waals surface area contributed by atoms with E-state index in [0.29, 0.717) is 12.8 Å². The van der Waals surface area contributed by atoms with Crippen LogP contribution in [0.2, 0.25) is 0 Å². The van der Waals surface area contributed by atoms with Crippen LogP contribution in [0.25, 0.3) is 0 Å². The molecule has 0 bridgehead atoms. The number of hydrogen-bond acceptors (Lipinski definition) is 6. The lowest BCUT2D eigenvalue weighted by Gasteiger charge is -2.02. The highest BCUT2D eigenvalue weighted by atomic mass is 32.2. The zero-order valence-corrected chi connectivity index (χ0v) is 13.2. The molecule has 0 amide bonds. The average molecular weight is 302 g/mol.